The van der Waals surface area contributed by atoms with Crippen molar-refractivity contribution in [3.8, 4) is 0 Å². The van der Waals surface area contributed by atoms with E-state index in [0.29, 0.717) is 24.4 Å². The first-order chi connectivity index (χ1) is 7.45. The molecule has 1 heterocycles. The van der Waals surface area contributed by atoms with E-state index in [1.807, 2.05) is 0 Å². The Kier molecular flexibility index (Phi) is 4.74. The van der Waals surface area contributed by atoms with Gasteiger partial charge in [-0.3, -0.25) is 9.69 Å². The summed E-state index contributed by atoms with van der Waals surface area (Å²) in [6.07, 6.45) is 1.26. The third-order valence-corrected chi connectivity index (χ3v) is 3.65. The minimum absolute atomic E-state index is 0.321. The van der Waals surface area contributed by atoms with Crippen molar-refractivity contribution in [3.63, 3.8) is 0 Å². The van der Waals surface area contributed by atoms with Gasteiger partial charge in [-0.15, -0.1) is 0 Å². The summed E-state index contributed by atoms with van der Waals surface area (Å²) < 4.78 is 4.65. The average molecular weight is 228 g/mol. The summed E-state index contributed by atoms with van der Waals surface area (Å²) >= 11 is 0. The number of esters is 1. The second kappa shape index (κ2) is 5.64. The zero-order chi connectivity index (χ0) is 12.3. The van der Waals surface area contributed by atoms with E-state index in [4.69, 9.17) is 5.73 Å². The zero-order valence-electron chi connectivity index (χ0n) is 10.8. The Morgan fingerprint density at radius 2 is 2.12 bits per heavy atom. The van der Waals surface area contributed by atoms with Crippen molar-refractivity contribution < 1.29 is 9.53 Å². The zero-order valence-corrected chi connectivity index (χ0v) is 10.8. The number of hydrogen-bond acceptors (Lipinski definition) is 4. The summed E-state index contributed by atoms with van der Waals surface area (Å²) in [5.74, 6) is 1.02. The van der Waals surface area contributed by atoms with Crippen LogP contribution in [-0.2, 0) is 9.53 Å². The van der Waals surface area contributed by atoms with Crippen molar-refractivity contribution in [3.05, 3.63) is 0 Å². The van der Waals surface area contributed by atoms with Gasteiger partial charge in [0.1, 0.15) is 6.04 Å². The highest BCUT2D eigenvalue weighted by atomic mass is 16.5. The molecule has 1 saturated heterocycles. The van der Waals surface area contributed by atoms with Gasteiger partial charge in [-0.1, -0.05) is 13.8 Å². The van der Waals surface area contributed by atoms with Gasteiger partial charge in [0.05, 0.1) is 7.11 Å². The van der Waals surface area contributed by atoms with Gasteiger partial charge < -0.3 is 10.5 Å². The molecule has 1 fully saturated rings. The second-order valence-corrected chi connectivity index (χ2v) is 5.14. The lowest BCUT2D eigenvalue weighted by Crippen LogP contribution is -2.52. The SMILES string of the molecule is COC(=O)C(N)CN1CC(C)CC(C)C1C. The van der Waals surface area contributed by atoms with E-state index >= 15 is 0 Å². The summed E-state index contributed by atoms with van der Waals surface area (Å²) in [7, 11) is 1.38. The summed E-state index contributed by atoms with van der Waals surface area (Å²) in [6, 6.07) is -0.0307. The van der Waals surface area contributed by atoms with E-state index in [2.05, 4.69) is 30.4 Å². The molecule has 0 saturated carbocycles. The molecule has 4 nitrogen and oxygen atoms in total. The summed E-state index contributed by atoms with van der Waals surface area (Å²) in [4.78, 5) is 13.6. The van der Waals surface area contributed by atoms with E-state index in [-0.39, 0.29) is 5.97 Å². The Morgan fingerprint density at radius 3 is 2.69 bits per heavy atom. The highest BCUT2D eigenvalue weighted by Crippen LogP contribution is 2.26. The Labute approximate surface area is 98.1 Å². The molecule has 1 rings (SSSR count). The molecular weight excluding hydrogens is 204 g/mol. The molecule has 2 N–H and O–H groups in total. The Morgan fingerprint density at radius 1 is 1.50 bits per heavy atom. The van der Waals surface area contributed by atoms with Crippen molar-refractivity contribution in [1.82, 2.24) is 4.90 Å². The molecule has 0 aliphatic carbocycles. The van der Waals surface area contributed by atoms with Gasteiger partial charge in [0.15, 0.2) is 0 Å². The number of carbonyl (C=O) groups is 1. The number of ether oxygens (including phenoxy) is 1. The predicted octanol–water partition coefficient (Wildman–Crippen LogP) is 0.853. The van der Waals surface area contributed by atoms with E-state index < -0.39 is 6.04 Å². The first-order valence-electron chi connectivity index (χ1n) is 6.03. The van der Waals surface area contributed by atoms with Gasteiger partial charge >= 0.3 is 5.97 Å². The quantitative estimate of drug-likeness (QED) is 0.728. The van der Waals surface area contributed by atoms with E-state index in [9.17, 15) is 4.79 Å². The second-order valence-electron chi connectivity index (χ2n) is 5.14. The van der Waals surface area contributed by atoms with E-state index in [1.165, 1.54) is 13.5 Å². The lowest BCUT2D eigenvalue weighted by Gasteiger charge is -2.41. The topological polar surface area (TPSA) is 55.6 Å². The number of rotatable bonds is 3. The van der Waals surface area contributed by atoms with Crippen LogP contribution in [0.5, 0.6) is 0 Å². The molecule has 1 aliphatic heterocycles. The largest absolute Gasteiger partial charge is 0.468 e. The minimum atomic E-state index is -0.523. The molecule has 0 radical (unpaired) electrons. The fourth-order valence-corrected chi connectivity index (χ4v) is 2.55. The normalized spacial score (nSPS) is 33.4. The molecular formula is C12H24N2O2. The fourth-order valence-electron chi connectivity index (χ4n) is 2.55. The van der Waals surface area contributed by atoms with Crippen LogP contribution in [0.25, 0.3) is 0 Å². The van der Waals surface area contributed by atoms with Crippen LogP contribution in [-0.4, -0.2) is 43.2 Å². The smallest absolute Gasteiger partial charge is 0.323 e. The van der Waals surface area contributed by atoms with E-state index in [1.54, 1.807) is 0 Å². The minimum Gasteiger partial charge on any atom is -0.468 e. The summed E-state index contributed by atoms with van der Waals surface area (Å²) in [5, 5.41) is 0. The highest BCUT2D eigenvalue weighted by molar-refractivity contribution is 5.75. The summed E-state index contributed by atoms with van der Waals surface area (Å²) in [5.41, 5.74) is 5.80. The Balaban J connectivity index is 2.54. The van der Waals surface area contributed by atoms with Gasteiger partial charge in [-0.25, -0.2) is 0 Å². The standard InChI is InChI=1S/C12H24N2O2/c1-8-5-9(2)10(3)14(6-8)7-11(13)12(15)16-4/h8-11H,5-7,13H2,1-4H3. The maximum absolute atomic E-state index is 11.3. The molecule has 4 atom stereocenters. The number of likely N-dealkylation sites (tertiary alicyclic amines) is 1. The molecule has 0 amide bonds. The number of piperidine rings is 1. The molecule has 94 valence electrons. The van der Waals surface area contributed by atoms with Crippen molar-refractivity contribution >= 4 is 5.97 Å². The molecule has 0 spiro atoms. The maximum atomic E-state index is 11.3. The molecule has 16 heavy (non-hydrogen) atoms. The van der Waals surface area contributed by atoms with Gasteiger partial charge in [-0.05, 0) is 25.2 Å². The van der Waals surface area contributed by atoms with Crippen molar-refractivity contribution in [2.24, 2.45) is 17.6 Å². The van der Waals surface area contributed by atoms with Crippen molar-refractivity contribution in [2.45, 2.75) is 39.3 Å². The van der Waals surface area contributed by atoms with Crippen LogP contribution in [0.3, 0.4) is 0 Å². The Hall–Kier alpha value is -0.610. The average Bonchev–Trinajstić information content (AvgIpc) is 2.23. The highest BCUT2D eigenvalue weighted by Gasteiger charge is 2.30. The molecule has 1 aliphatic rings. The molecule has 0 aromatic heterocycles. The number of nitrogens with zero attached hydrogens (tertiary/aromatic N) is 1. The van der Waals surface area contributed by atoms with Crippen LogP contribution in [0.2, 0.25) is 0 Å². The van der Waals surface area contributed by atoms with Crippen LogP contribution in [0.15, 0.2) is 0 Å². The lowest BCUT2D eigenvalue weighted by molar-refractivity contribution is -0.143. The van der Waals surface area contributed by atoms with E-state index in [0.717, 1.165) is 6.54 Å². The van der Waals surface area contributed by atoms with Crippen LogP contribution in [0.1, 0.15) is 27.2 Å². The molecule has 0 bridgehead atoms. The van der Waals surface area contributed by atoms with Gasteiger partial charge in [0, 0.05) is 19.1 Å². The maximum Gasteiger partial charge on any atom is 0.323 e. The number of carbonyl (C=O) groups excluding carboxylic acids is 1. The van der Waals surface area contributed by atoms with Crippen molar-refractivity contribution in [2.75, 3.05) is 20.2 Å². The number of nitrogens with two attached hydrogens (primary N) is 1. The van der Waals surface area contributed by atoms with Crippen LogP contribution in [0, 0.1) is 11.8 Å². The number of methoxy groups -OCH3 is 1. The van der Waals surface area contributed by atoms with Crippen LogP contribution in [0.4, 0.5) is 0 Å². The fraction of sp³-hybridized carbons (Fsp3) is 0.917. The molecule has 0 aromatic rings. The number of hydrogen-bond donors (Lipinski definition) is 1. The third-order valence-electron chi connectivity index (χ3n) is 3.65. The molecule has 4 heteroatoms. The molecule has 0 aromatic carbocycles. The first-order valence-corrected chi connectivity index (χ1v) is 6.03. The van der Waals surface area contributed by atoms with Crippen LogP contribution < -0.4 is 5.73 Å². The lowest BCUT2D eigenvalue weighted by atomic mass is 9.86. The third kappa shape index (κ3) is 3.19. The van der Waals surface area contributed by atoms with Crippen LogP contribution >= 0.6 is 0 Å². The van der Waals surface area contributed by atoms with Gasteiger partial charge in [0.2, 0.25) is 0 Å². The molecule has 4 unspecified atom stereocenters. The van der Waals surface area contributed by atoms with Crippen molar-refractivity contribution in [1.29, 1.82) is 0 Å². The monoisotopic (exact) mass is 228 g/mol. The van der Waals surface area contributed by atoms with Gasteiger partial charge in [-0.2, -0.15) is 0 Å². The Bertz CT molecular complexity index is 245. The summed E-state index contributed by atoms with van der Waals surface area (Å²) in [6.45, 7) is 8.34. The predicted molar refractivity (Wildman–Crippen MR) is 64.0 cm³/mol. The van der Waals surface area contributed by atoms with Gasteiger partial charge in [0.25, 0.3) is 0 Å². The first kappa shape index (κ1) is 13.5.